The number of carbonyl (C=O) groups is 1. The zero-order valence-corrected chi connectivity index (χ0v) is 15.6. The van der Waals surface area contributed by atoms with Gasteiger partial charge in [0.25, 0.3) is 0 Å². The first kappa shape index (κ1) is 18.3. The quantitative estimate of drug-likeness (QED) is 0.787. The number of carbonyl (C=O) groups excluding carboxylic acids is 1. The predicted molar refractivity (Wildman–Crippen MR) is 103 cm³/mol. The van der Waals surface area contributed by atoms with Crippen LogP contribution in [0.3, 0.4) is 0 Å². The molecule has 1 N–H and O–H groups in total. The normalized spacial score (nSPS) is 13.5. The number of para-hydroxylation sites is 1. The maximum absolute atomic E-state index is 12.6. The van der Waals surface area contributed by atoms with Crippen LogP contribution in [0.4, 0.5) is 5.69 Å². The number of amides is 1. The second-order valence-corrected chi connectivity index (χ2v) is 6.68. The summed E-state index contributed by atoms with van der Waals surface area (Å²) in [6.07, 6.45) is 2.26. The summed E-state index contributed by atoms with van der Waals surface area (Å²) in [7, 11) is 3.32. The molecule has 5 nitrogen and oxygen atoms in total. The van der Waals surface area contributed by atoms with Crippen molar-refractivity contribution in [3.05, 3.63) is 53.6 Å². The van der Waals surface area contributed by atoms with Crippen molar-refractivity contribution in [1.29, 1.82) is 0 Å². The molecule has 0 aliphatic heterocycles. The molecule has 0 atom stereocenters. The van der Waals surface area contributed by atoms with Crippen LogP contribution in [0.1, 0.15) is 24.0 Å². The molecule has 0 radical (unpaired) electrons. The second kappa shape index (κ2) is 8.23. The van der Waals surface area contributed by atoms with Gasteiger partial charge < -0.3 is 14.8 Å². The molecule has 0 bridgehead atoms. The van der Waals surface area contributed by atoms with Crippen molar-refractivity contribution in [3.63, 3.8) is 0 Å². The summed E-state index contributed by atoms with van der Waals surface area (Å²) in [5.41, 5.74) is 2.96. The number of anilines is 1. The molecule has 1 saturated carbocycles. The largest absolute Gasteiger partial charge is 0.497 e. The van der Waals surface area contributed by atoms with Crippen molar-refractivity contribution < 1.29 is 14.3 Å². The third kappa shape index (κ3) is 4.55. The van der Waals surface area contributed by atoms with E-state index < -0.39 is 0 Å². The van der Waals surface area contributed by atoms with E-state index >= 15 is 0 Å². The summed E-state index contributed by atoms with van der Waals surface area (Å²) in [5.74, 6) is 1.62. The van der Waals surface area contributed by atoms with E-state index in [1.54, 1.807) is 14.2 Å². The Hall–Kier alpha value is -2.53. The fraction of sp³-hybridized carbons (Fsp3) is 0.381. The third-order valence-corrected chi connectivity index (χ3v) is 4.69. The van der Waals surface area contributed by atoms with Gasteiger partial charge in [-0.2, -0.15) is 0 Å². The number of nitrogens with zero attached hydrogens (tertiary/aromatic N) is 1. The molecule has 1 amide bonds. The maximum atomic E-state index is 12.6. The van der Waals surface area contributed by atoms with Gasteiger partial charge in [0.05, 0.1) is 20.8 Å². The van der Waals surface area contributed by atoms with Gasteiger partial charge in [-0.15, -0.1) is 0 Å². The SMILES string of the molecule is COc1ccc(OC)c(CN(CC(=O)Nc2ccccc2C)C2CC2)c1. The van der Waals surface area contributed by atoms with E-state index in [0.29, 0.717) is 19.1 Å². The Labute approximate surface area is 154 Å². The van der Waals surface area contributed by atoms with Gasteiger partial charge in [0.1, 0.15) is 11.5 Å². The van der Waals surface area contributed by atoms with Crippen LogP contribution in [0.25, 0.3) is 0 Å². The van der Waals surface area contributed by atoms with E-state index in [1.807, 2.05) is 49.4 Å². The molecular weight excluding hydrogens is 328 g/mol. The van der Waals surface area contributed by atoms with Gasteiger partial charge in [0, 0.05) is 23.8 Å². The number of ether oxygens (including phenoxy) is 2. The second-order valence-electron chi connectivity index (χ2n) is 6.68. The van der Waals surface area contributed by atoms with Crippen LogP contribution < -0.4 is 14.8 Å². The number of benzene rings is 2. The fourth-order valence-electron chi connectivity index (χ4n) is 3.07. The first-order chi connectivity index (χ1) is 12.6. The Balaban J connectivity index is 1.70. The highest BCUT2D eigenvalue weighted by atomic mass is 16.5. The highest BCUT2D eigenvalue weighted by Gasteiger charge is 2.31. The fourth-order valence-corrected chi connectivity index (χ4v) is 3.07. The Morgan fingerprint density at radius 3 is 2.58 bits per heavy atom. The molecule has 138 valence electrons. The number of aryl methyl sites for hydroxylation is 1. The van der Waals surface area contributed by atoms with Gasteiger partial charge in [-0.1, -0.05) is 18.2 Å². The Morgan fingerprint density at radius 2 is 1.92 bits per heavy atom. The van der Waals surface area contributed by atoms with Gasteiger partial charge in [-0.3, -0.25) is 9.69 Å². The monoisotopic (exact) mass is 354 g/mol. The minimum absolute atomic E-state index is 0.00747. The molecule has 0 spiro atoms. The summed E-state index contributed by atoms with van der Waals surface area (Å²) in [6, 6.07) is 14.1. The van der Waals surface area contributed by atoms with E-state index in [9.17, 15) is 4.79 Å². The summed E-state index contributed by atoms with van der Waals surface area (Å²) >= 11 is 0. The molecule has 2 aromatic rings. The lowest BCUT2D eigenvalue weighted by Crippen LogP contribution is -2.34. The van der Waals surface area contributed by atoms with Crippen molar-refractivity contribution in [2.24, 2.45) is 0 Å². The Morgan fingerprint density at radius 1 is 1.15 bits per heavy atom. The standard InChI is InChI=1S/C21H26N2O3/c1-15-6-4-5-7-19(15)22-21(24)14-23(17-8-9-17)13-16-12-18(25-2)10-11-20(16)26-3/h4-7,10-12,17H,8-9,13-14H2,1-3H3,(H,22,24). The number of hydrogen-bond acceptors (Lipinski definition) is 4. The van der Waals surface area contributed by atoms with Crippen LogP contribution in [0, 0.1) is 6.92 Å². The molecule has 5 heteroatoms. The van der Waals surface area contributed by atoms with Gasteiger partial charge in [-0.05, 0) is 49.6 Å². The lowest BCUT2D eigenvalue weighted by atomic mass is 10.1. The third-order valence-electron chi connectivity index (χ3n) is 4.69. The van der Waals surface area contributed by atoms with Crippen LogP contribution in [0.2, 0.25) is 0 Å². The summed E-state index contributed by atoms with van der Waals surface area (Å²) < 4.78 is 10.8. The number of hydrogen-bond donors (Lipinski definition) is 1. The van der Waals surface area contributed by atoms with Crippen LogP contribution in [0.15, 0.2) is 42.5 Å². The Bertz CT molecular complexity index is 772. The minimum atomic E-state index is 0.00747. The molecule has 0 unspecified atom stereocenters. The zero-order chi connectivity index (χ0) is 18.5. The summed E-state index contributed by atoms with van der Waals surface area (Å²) in [5, 5.41) is 3.02. The van der Waals surface area contributed by atoms with Crippen LogP contribution in [0.5, 0.6) is 11.5 Å². The first-order valence-corrected chi connectivity index (χ1v) is 8.91. The minimum Gasteiger partial charge on any atom is -0.497 e. The molecular formula is C21H26N2O3. The average Bonchev–Trinajstić information content (AvgIpc) is 3.48. The van der Waals surface area contributed by atoms with Crippen molar-refractivity contribution in [1.82, 2.24) is 4.90 Å². The van der Waals surface area contributed by atoms with Crippen molar-refractivity contribution >= 4 is 11.6 Å². The highest BCUT2D eigenvalue weighted by molar-refractivity contribution is 5.93. The molecule has 1 fully saturated rings. The summed E-state index contributed by atoms with van der Waals surface area (Å²) in [4.78, 5) is 14.8. The van der Waals surface area contributed by atoms with Crippen LogP contribution in [-0.4, -0.2) is 37.6 Å². The van der Waals surface area contributed by atoms with E-state index in [-0.39, 0.29) is 5.91 Å². The molecule has 3 rings (SSSR count). The van der Waals surface area contributed by atoms with E-state index in [1.165, 1.54) is 0 Å². The molecule has 26 heavy (non-hydrogen) atoms. The molecule has 1 aliphatic carbocycles. The average molecular weight is 354 g/mol. The predicted octanol–water partition coefficient (Wildman–Crippen LogP) is 3.62. The number of methoxy groups -OCH3 is 2. The van der Waals surface area contributed by atoms with Gasteiger partial charge in [0.2, 0.25) is 5.91 Å². The molecule has 2 aromatic carbocycles. The molecule has 1 aliphatic rings. The number of rotatable bonds is 8. The van der Waals surface area contributed by atoms with Crippen molar-refractivity contribution in [2.75, 3.05) is 26.1 Å². The molecule has 0 saturated heterocycles. The maximum Gasteiger partial charge on any atom is 0.238 e. The number of nitrogens with one attached hydrogen (secondary N) is 1. The zero-order valence-electron chi connectivity index (χ0n) is 15.6. The highest BCUT2D eigenvalue weighted by Crippen LogP contribution is 2.31. The molecule has 0 aromatic heterocycles. The van der Waals surface area contributed by atoms with E-state index in [4.69, 9.17) is 9.47 Å². The lowest BCUT2D eigenvalue weighted by molar-refractivity contribution is -0.117. The first-order valence-electron chi connectivity index (χ1n) is 8.91. The van der Waals surface area contributed by atoms with Gasteiger partial charge in [0.15, 0.2) is 0 Å². The van der Waals surface area contributed by atoms with E-state index in [0.717, 1.165) is 41.2 Å². The van der Waals surface area contributed by atoms with Crippen LogP contribution >= 0.6 is 0 Å². The van der Waals surface area contributed by atoms with Gasteiger partial charge >= 0.3 is 0 Å². The lowest BCUT2D eigenvalue weighted by Gasteiger charge is -2.23. The topological polar surface area (TPSA) is 50.8 Å². The molecule has 0 heterocycles. The van der Waals surface area contributed by atoms with Crippen LogP contribution in [-0.2, 0) is 11.3 Å². The Kier molecular flexibility index (Phi) is 5.78. The van der Waals surface area contributed by atoms with E-state index in [2.05, 4.69) is 10.2 Å². The summed E-state index contributed by atoms with van der Waals surface area (Å²) in [6.45, 7) is 3.01. The smallest absolute Gasteiger partial charge is 0.238 e. The van der Waals surface area contributed by atoms with Gasteiger partial charge in [-0.25, -0.2) is 0 Å². The van der Waals surface area contributed by atoms with Crippen molar-refractivity contribution in [2.45, 2.75) is 32.4 Å². The van der Waals surface area contributed by atoms with Crippen molar-refractivity contribution in [3.8, 4) is 11.5 Å².